The zero-order valence-electron chi connectivity index (χ0n) is 11.2. The largest absolute Gasteiger partial charge is 0.462 e. The molecule has 0 saturated heterocycles. The molecular formula is C16H17ClO3. The Hall–Kier alpha value is -1.87. The van der Waals surface area contributed by atoms with Crippen molar-refractivity contribution in [2.75, 3.05) is 6.61 Å². The molecule has 1 aromatic rings. The van der Waals surface area contributed by atoms with Crippen molar-refractivity contribution in [3.63, 3.8) is 0 Å². The predicted octanol–water partition coefficient (Wildman–Crippen LogP) is 3.98. The van der Waals surface area contributed by atoms with Crippen LogP contribution in [0.25, 0.3) is 6.08 Å². The summed E-state index contributed by atoms with van der Waals surface area (Å²) in [6.45, 7) is 7.51. The number of carbonyl (C=O) groups excluding carboxylic acids is 2. The van der Waals surface area contributed by atoms with Crippen molar-refractivity contribution in [1.82, 2.24) is 0 Å². The molecule has 0 aliphatic rings. The molecule has 0 aromatic heterocycles. The fourth-order valence-electron chi connectivity index (χ4n) is 1.64. The highest BCUT2D eigenvalue weighted by molar-refractivity contribution is 6.67. The summed E-state index contributed by atoms with van der Waals surface area (Å²) < 4.78 is 5.18. The second-order valence-corrected chi connectivity index (χ2v) is 4.60. The lowest BCUT2D eigenvalue weighted by atomic mass is 10.1. The SMILES string of the molecule is C=Cc1ccccc1C(=O)OCCCCC(=C)C(=O)Cl. The average molecular weight is 293 g/mol. The Kier molecular flexibility index (Phi) is 6.74. The van der Waals surface area contributed by atoms with Gasteiger partial charge in [-0.2, -0.15) is 0 Å². The van der Waals surface area contributed by atoms with Crippen molar-refractivity contribution in [1.29, 1.82) is 0 Å². The van der Waals surface area contributed by atoms with Gasteiger partial charge in [0.05, 0.1) is 12.2 Å². The second kappa shape index (κ2) is 8.33. The van der Waals surface area contributed by atoms with E-state index in [0.29, 0.717) is 37.0 Å². The van der Waals surface area contributed by atoms with Crippen LogP contribution >= 0.6 is 11.6 Å². The topological polar surface area (TPSA) is 43.4 Å². The Balaban J connectivity index is 2.35. The van der Waals surface area contributed by atoms with Crippen LogP contribution in [-0.4, -0.2) is 17.8 Å². The molecule has 0 atom stereocenters. The van der Waals surface area contributed by atoms with Gasteiger partial charge in [-0.25, -0.2) is 4.79 Å². The van der Waals surface area contributed by atoms with Crippen molar-refractivity contribution in [2.45, 2.75) is 19.3 Å². The summed E-state index contributed by atoms with van der Waals surface area (Å²) in [4.78, 5) is 22.6. The van der Waals surface area contributed by atoms with Gasteiger partial charge in [-0.3, -0.25) is 4.79 Å². The van der Waals surface area contributed by atoms with E-state index in [1.807, 2.05) is 6.07 Å². The van der Waals surface area contributed by atoms with Gasteiger partial charge in [0.1, 0.15) is 0 Å². The number of ether oxygens (including phenoxy) is 1. The quantitative estimate of drug-likeness (QED) is 0.315. The molecule has 0 bridgehead atoms. The smallest absolute Gasteiger partial charge is 0.338 e. The normalized spacial score (nSPS) is 9.85. The monoisotopic (exact) mass is 292 g/mol. The molecule has 0 amide bonds. The lowest BCUT2D eigenvalue weighted by Gasteiger charge is -2.07. The predicted molar refractivity (Wildman–Crippen MR) is 80.7 cm³/mol. The van der Waals surface area contributed by atoms with Crippen molar-refractivity contribution >= 4 is 28.9 Å². The maximum atomic E-state index is 11.9. The van der Waals surface area contributed by atoms with E-state index in [1.54, 1.807) is 24.3 Å². The van der Waals surface area contributed by atoms with Gasteiger partial charge >= 0.3 is 5.97 Å². The van der Waals surface area contributed by atoms with Crippen LogP contribution in [0.5, 0.6) is 0 Å². The molecular weight excluding hydrogens is 276 g/mol. The van der Waals surface area contributed by atoms with Crippen LogP contribution in [0.15, 0.2) is 43.0 Å². The van der Waals surface area contributed by atoms with Crippen molar-refractivity contribution in [3.05, 3.63) is 54.1 Å². The Morgan fingerprint density at radius 3 is 2.60 bits per heavy atom. The van der Waals surface area contributed by atoms with Gasteiger partial charge in [-0.15, -0.1) is 0 Å². The number of benzene rings is 1. The first-order valence-electron chi connectivity index (χ1n) is 6.32. The number of hydrogen-bond acceptors (Lipinski definition) is 3. The van der Waals surface area contributed by atoms with Crippen LogP contribution in [0.2, 0.25) is 0 Å². The maximum Gasteiger partial charge on any atom is 0.338 e. The number of rotatable bonds is 8. The van der Waals surface area contributed by atoms with Gasteiger partial charge in [0.25, 0.3) is 0 Å². The molecule has 0 aliphatic heterocycles. The molecule has 106 valence electrons. The summed E-state index contributed by atoms with van der Waals surface area (Å²) in [6, 6.07) is 7.12. The molecule has 0 unspecified atom stereocenters. The highest BCUT2D eigenvalue weighted by Crippen LogP contribution is 2.12. The first kappa shape index (κ1) is 16.2. The highest BCUT2D eigenvalue weighted by Gasteiger charge is 2.10. The molecule has 1 aromatic carbocycles. The molecule has 0 aliphatic carbocycles. The van der Waals surface area contributed by atoms with E-state index in [2.05, 4.69) is 13.2 Å². The second-order valence-electron chi connectivity index (χ2n) is 4.26. The fraction of sp³-hybridized carbons (Fsp3) is 0.250. The van der Waals surface area contributed by atoms with Crippen LogP contribution in [0.1, 0.15) is 35.2 Å². The first-order valence-corrected chi connectivity index (χ1v) is 6.70. The minimum Gasteiger partial charge on any atom is -0.462 e. The molecule has 20 heavy (non-hydrogen) atoms. The standard InChI is InChI=1S/C16H17ClO3/c1-3-13-9-4-5-10-14(13)16(19)20-11-7-6-8-12(2)15(17)18/h3-5,9-10H,1-2,6-8,11H2. The van der Waals surface area contributed by atoms with E-state index in [9.17, 15) is 9.59 Å². The van der Waals surface area contributed by atoms with Crippen LogP contribution in [0.3, 0.4) is 0 Å². The molecule has 0 fully saturated rings. The van der Waals surface area contributed by atoms with Gasteiger partial charge in [-0.05, 0) is 42.5 Å². The molecule has 0 radical (unpaired) electrons. The third-order valence-electron chi connectivity index (χ3n) is 2.78. The van der Waals surface area contributed by atoms with E-state index in [4.69, 9.17) is 16.3 Å². The third-order valence-corrected chi connectivity index (χ3v) is 3.05. The van der Waals surface area contributed by atoms with Crippen molar-refractivity contribution in [2.24, 2.45) is 0 Å². The van der Waals surface area contributed by atoms with E-state index >= 15 is 0 Å². The number of unbranched alkanes of at least 4 members (excludes halogenated alkanes) is 1. The van der Waals surface area contributed by atoms with Gasteiger partial charge in [-0.1, -0.05) is 37.4 Å². The number of esters is 1. The zero-order valence-corrected chi connectivity index (χ0v) is 12.0. The Labute approximate surface area is 123 Å². The summed E-state index contributed by atoms with van der Waals surface area (Å²) in [5, 5.41) is -0.512. The minimum atomic E-state index is -0.512. The van der Waals surface area contributed by atoms with Crippen molar-refractivity contribution < 1.29 is 14.3 Å². The third kappa shape index (κ3) is 5.02. The minimum absolute atomic E-state index is 0.300. The Morgan fingerprint density at radius 1 is 1.25 bits per heavy atom. The fourth-order valence-corrected chi connectivity index (χ4v) is 1.74. The number of halogens is 1. The van der Waals surface area contributed by atoms with Gasteiger partial charge in [0.15, 0.2) is 0 Å². The van der Waals surface area contributed by atoms with E-state index in [-0.39, 0.29) is 5.97 Å². The summed E-state index contributed by atoms with van der Waals surface area (Å²) >= 11 is 5.27. The van der Waals surface area contributed by atoms with Crippen LogP contribution in [-0.2, 0) is 9.53 Å². The Bertz CT molecular complexity index is 520. The van der Waals surface area contributed by atoms with Gasteiger partial charge < -0.3 is 4.74 Å². The van der Waals surface area contributed by atoms with Crippen LogP contribution in [0.4, 0.5) is 0 Å². The molecule has 0 spiro atoms. The van der Waals surface area contributed by atoms with Gasteiger partial charge in [0, 0.05) is 5.57 Å². The summed E-state index contributed by atoms with van der Waals surface area (Å²) in [5.74, 6) is -0.368. The van der Waals surface area contributed by atoms with Crippen LogP contribution < -0.4 is 0 Å². The molecule has 0 saturated carbocycles. The molecule has 1 rings (SSSR count). The van der Waals surface area contributed by atoms with Gasteiger partial charge in [0.2, 0.25) is 5.24 Å². The Morgan fingerprint density at radius 2 is 1.95 bits per heavy atom. The zero-order chi connectivity index (χ0) is 15.0. The van der Waals surface area contributed by atoms with Crippen LogP contribution in [0, 0.1) is 0 Å². The van der Waals surface area contributed by atoms with Crippen molar-refractivity contribution in [3.8, 4) is 0 Å². The number of hydrogen-bond donors (Lipinski definition) is 0. The average Bonchev–Trinajstić information content (AvgIpc) is 2.46. The molecule has 4 heteroatoms. The van der Waals surface area contributed by atoms with E-state index in [0.717, 1.165) is 5.56 Å². The highest BCUT2D eigenvalue weighted by atomic mass is 35.5. The lowest BCUT2D eigenvalue weighted by Crippen LogP contribution is -2.08. The molecule has 0 heterocycles. The number of allylic oxidation sites excluding steroid dienone is 1. The van der Waals surface area contributed by atoms with E-state index < -0.39 is 5.24 Å². The number of carbonyl (C=O) groups is 2. The summed E-state index contributed by atoms with van der Waals surface area (Å²) in [5.41, 5.74) is 1.64. The van der Waals surface area contributed by atoms with E-state index in [1.165, 1.54) is 0 Å². The molecule has 3 nitrogen and oxygen atoms in total. The lowest BCUT2D eigenvalue weighted by molar-refractivity contribution is -0.108. The molecule has 0 N–H and O–H groups in total. The maximum absolute atomic E-state index is 11.9. The summed E-state index contributed by atoms with van der Waals surface area (Å²) in [6.07, 6.45) is 3.49. The first-order chi connectivity index (χ1) is 9.56. The summed E-state index contributed by atoms with van der Waals surface area (Å²) in [7, 11) is 0.